The molecule has 0 fully saturated rings. The smallest absolute Gasteiger partial charge is 0.250 e. The largest absolute Gasteiger partial charge is 0.380 e. The SMILES string of the molecule is CNCc1csc(S(=O)(=O)NCCOCC(C)C)c1. The predicted octanol–water partition coefficient (Wildman–Crippen LogP) is 1.42. The highest BCUT2D eigenvalue weighted by atomic mass is 32.2. The van der Waals surface area contributed by atoms with Crippen molar-refractivity contribution in [1.29, 1.82) is 0 Å². The van der Waals surface area contributed by atoms with Crippen LogP contribution >= 0.6 is 11.3 Å². The van der Waals surface area contributed by atoms with E-state index in [0.29, 0.717) is 36.4 Å². The van der Waals surface area contributed by atoms with Gasteiger partial charge in [-0.1, -0.05) is 13.8 Å². The molecule has 0 saturated carbocycles. The van der Waals surface area contributed by atoms with Gasteiger partial charge in [-0.05, 0) is 30.0 Å². The van der Waals surface area contributed by atoms with Gasteiger partial charge in [-0.3, -0.25) is 0 Å². The standard InChI is InChI=1S/C12H22N2O3S2/c1-10(2)8-17-5-4-14-19(15,16)12-6-11(7-13-3)9-18-12/h6,9-10,13-14H,4-5,7-8H2,1-3H3. The fourth-order valence-corrected chi connectivity index (χ4v) is 3.70. The van der Waals surface area contributed by atoms with Gasteiger partial charge in [-0.2, -0.15) is 0 Å². The van der Waals surface area contributed by atoms with Gasteiger partial charge in [0.05, 0.1) is 6.61 Å². The monoisotopic (exact) mass is 306 g/mol. The molecule has 2 N–H and O–H groups in total. The number of nitrogens with one attached hydrogen (secondary N) is 2. The summed E-state index contributed by atoms with van der Waals surface area (Å²) in [5.41, 5.74) is 0.976. The van der Waals surface area contributed by atoms with E-state index >= 15 is 0 Å². The van der Waals surface area contributed by atoms with Gasteiger partial charge in [-0.15, -0.1) is 11.3 Å². The van der Waals surface area contributed by atoms with Crippen LogP contribution in [0.15, 0.2) is 15.7 Å². The summed E-state index contributed by atoms with van der Waals surface area (Å²) in [6.07, 6.45) is 0. The number of thiophene rings is 1. The van der Waals surface area contributed by atoms with Gasteiger partial charge in [-0.25, -0.2) is 13.1 Å². The summed E-state index contributed by atoms with van der Waals surface area (Å²) in [6.45, 7) is 6.12. The first-order valence-corrected chi connectivity index (χ1v) is 8.61. The number of hydrogen-bond donors (Lipinski definition) is 2. The van der Waals surface area contributed by atoms with Crippen LogP contribution in [-0.2, 0) is 21.3 Å². The van der Waals surface area contributed by atoms with Crippen LogP contribution in [-0.4, -0.2) is 35.2 Å². The molecule has 0 radical (unpaired) electrons. The maximum Gasteiger partial charge on any atom is 0.250 e. The van der Waals surface area contributed by atoms with E-state index in [1.54, 1.807) is 6.07 Å². The normalized spacial score (nSPS) is 12.2. The van der Waals surface area contributed by atoms with Crippen LogP contribution in [0.25, 0.3) is 0 Å². The zero-order valence-electron chi connectivity index (χ0n) is 11.6. The van der Waals surface area contributed by atoms with E-state index in [9.17, 15) is 8.42 Å². The lowest BCUT2D eigenvalue weighted by molar-refractivity contribution is 0.114. The van der Waals surface area contributed by atoms with Gasteiger partial charge in [0.2, 0.25) is 10.0 Å². The van der Waals surface area contributed by atoms with E-state index in [1.807, 2.05) is 12.4 Å². The lowest BCUT2D eigenvalue weighted by Gasteiger charge is -2.07. The lowest BCUT2D eigenvalue weighted by Crippen LogP contribution is -2.27. The van der Waals surface area contributed by atoms with Crippen LogP contribution in [0.3, 0.4) is 0 Å². The van der Waals surface area contributed by atoms with Crippen LogP contribution in [0.1, 0.15) is 19.4 Å². The van der Waals surface area contributed by atoms with Crippen molar-refractivity contribution in [3.8, 4) is 0 Å². The third-order valence-electron chi connectivity index (χ3n) is 2.27. The zero-order chi connectivity index (χ0) is 14.3. The minimum Gasteiger partial charge on any atom is -0.380 e. The molecule has 0 saturated heterocycles. The minimum atomic E-state index is -3.40. The molecule has 0 spiro atoms. The molecule has 110 valence electrons. The number of sulfonamides is 1. The molecule has 0 aliphatic carbocycles. The fraction of sp³-hybridized carbons (Fsp3) is 0.667. The summed E-state index contributed by atoms with van der Waals surface area (Å²) in [4.78, 5) is 0. The zero-order valence-corrected chi connectivity index (χ0v) is 13.2. The molecule has 1 aromatic heterocycles. The van der Waals surface area contributed by atoms with Crippen LogP contribution < -0.4 is 10.0 Å². The molecule has 0 aliphatic heterocycles. The van der Waals surface area contributed by atoms with Crippen molar-refractivity contribution in [3.05, 3.63) is 17.0 Å². The van der Waals surface area contributed by atoms with Crippen LogP contribution in [0.5, 0.6) is 0 Å². The first-order valence-electron chi connectivity index (χ1n) is 6.25. The van der Waals surface area contributed by atoms with Gasteiger partial charge in [0.15, 0.2) is 0 Å². The van der Waals surface area contributed by atoms with Crippen molar-refractivity contribution in [3.63, 3.8) is 0 Å². The molecule has 7 heteroatoms. The van der Waals surface area contributed by atoms with E-state index in [2.05, 4.69) is 23.9 Å². The Labute approximate surface area is 119 Å². The molecule has 0 aliphatic rings. The topological polar surface area (TPSA) is 67.4 Å². The number of hydrogen-bond acceptors (Lipinski definition) is 5. The first-order chi connectivity index (χ1) is 8.95. The third kappa shape index (κ3) is 6.01. The highest BCUT2D eigenvalue weighted by Gasteiger charge is 2.15. The molecule has 0 unspecified atom stereocenters. The van der Waals surface area contributed by atoms with Crippen molar-refractivity contribution in [1.82, 2.24) is 10.0 Å². The maximum atomic E-state index is 12.0. The molecule has 5 nitrogen and oxygen atoms in total. The van der Waals surface area contributed by atoms with Gasteiger partial charge in [0, 0.05) is 19.7 Å². The van der Waals surface area contributed by atoms with Gasteiger partial charge in [0.1, 0.15) is 4.21 Å². The summed E-state index contributed by atoms with van der Waals surface area (Å²) in [5, 5.41) is 4.84. The Hall–Kier alpha value is -0.470. The van der Waals surface area contributed by atoms with E-state index in [-0.39, 0.29) is 0 Å². The number of rotatable bonds is 9. The van der Waals surface area contributed by atoms with E-state index < -0.39 is 10.0 Å². The highest BCUT2D eigenvalue weighted by molar-refractivity contribution is 7.91. The average molecular weight is 306 g/mol. The number of ether oxygens (including phenoxy) is 1. The van der Waals surface area contributed by atoms with Crippen LogP contribution in [0.4, 0.5) is 0 Å². The average Bonchev–Trinajstić information content (AvgIpc) is 2.78. The maximum absolute atomic E-state index is 12.0. The quantitative estimate of drug-likeness (QED) is 0.677. The van der Waals surface area contributed by atoms with Gasteiger partial charge < -0.3 is 10.1 Å². The van der Waals surface area contributed by atoms with Gasteiger partial charge >= 0.3 is 0 Å². The van der Waals surface area contributed by atoms with E-state index in [4.69, 9.17) is 4.74 Å². The Morgan fingerprint density at radius 1 is 1.42 bits per heavy atom. The second kappa shape index (κ2) is 7.96. The third-order valence-corrected chi connectivity index (χ3v) is 5.21. The van der Waals surface area contributed by atoms with Crippen molar-refractivity contribution < 1.29 is 13.2 Å². The fourth-order valence-electron chi connectivity index (χ4n) is 1.43. The van der Waals surface area contributed by atoms with Crippen molar-refractivity contribution in [2.24, 2.45) is 5.92 Å². The molecule has 19 heavy (non-hydrogen) atoms. The predicted molar refractivity (Wildman–Crippen MR) is 77.9 cm³/mol. The first kappa shape index (κ1) is 16.6. The van der Waals surface area contributed by atoms with Crippen molar-refractivity contribution in [2.45, 2.75) is 24.6 Å². The van der Waals surface area contributed by atoms with Crippen molar-refractivity contribution in [2.75, 3.05) is 26.8 Å². The lowest BCUT2D eigenvalue weighted by atomic mass is 10.2. The molecule has 1 rings (SSSR count). The Morgan fingerprint density at radius 2 is 2.16 bits per heavy atom. The molecule has 0 amide bonds. The molecule has 0 aromatic carbocycles. The summed E-state index contributed by atoms with van der Waals surface area (Å²) >= 11 is 1.23. The Balaban J connectivity index is 2.42. The highest BCUT2D eigenvalue weighted by Crippen LogP contribution is 2.19. The molecule has 0 bridgehead atoms. The van der Waals surface area contributed by atoms with Crippen LogP contribution in [0, 0.1) is 5.92 Å². The van der Waals surface area contributed by atoms with E-state index in [0.717, 1.165) is 5.56 Å². The minimum absolute atomic E-state index is 0.300. The molecular weight excluding hydrogens is 284 g/mol. The molecular formula is C12H22N2O3S2. The van der Waals surface area contributed by atoms with Crippen LogP contribution in [0.2, 0.25) is 0 Å². The Morgan fingerprint density at radius 3 is 2.79 bits per heavy atom. The van der Waals surface area contributed by atoms with E-state index in [1.165, 1.54) is 11.3 Å². The Bertz CT molecular complexity index is 469. The second-order valence-corrected chi connectivity index (χ2v) is 7.58. The second-order valence-electron chi connectivity index (χ2n) is 4.67. The summed E-state index contributed by atoms with van der Waals surface area (Å²) in [7, 11) is -1.57. The summed E-state index contributed by atoms with van der Waals surface area (Å²) in [5.74, 6) is 0.456. The Kier molecular flexibility index (Phi) is 6.95. The molecule has 0 atom stereocenters. The summed E-state index contributed by atoms with van der Waals surface area (Å²) in [6, 6.07) is 1.69. The summed E-state index contributed by atoms with van der Waals surface area (Å²) < 4.78 is 32.2. The van der Waals surface area contributed by atoms with Gasteiger partial charge in [0.25, 0.3) is 0 Å². The van der Waals surface area contributed by atoms with Crippen molar-refractivity contribution >= 4 is 21.4 Å². The molecule has 1 heterocycles. The molecule has 1 aromatic rings.